The van der Waals surface area contributed by atoms with E-state index in [2.05, 4.69) is 19.9 Å². The Balaban J connectivity index is 2.43. The Morgan fingerprint density at radius 2 is 2.44 bits per heavy atom. The molecule has 0 bridgehead atoms. The van der Waals surface area contributed by atoms with Crippen molar-refractivity contribution in [1.82, 2.24) is 0 Å². The average Bonchev–Trinajstić information content (AvgIpc) is 1.88. The molecule has 1 atom stereocenters. The summed E-state index contributed by atoms with van der Waals surface area (Å²) < 4.78 is 0. The molecule has 0 saturated carbocycles. The molecule has 0 heteroatoms. The summed E-state index contributed by atoms with van der Waals surface area (Å²) in [5.41, 5.74) is 1.67. The highest BCUT2D eigenvalue weighted by Gasteiger charge is 2.08. The van der Waals surface area contributed by atoms with Gasteiger partial charge in [0.05, 0.1) is 0 Å². The lowest BCUT2D eigenvalue weighted by atomic mass is 9.89. The van der Waals surface area contributed by atoms with Crippen molar-refractivity contribution in [3.05, 3.63) is 11.6 Å². The summed E-state index contributed by atoms with van der Waals surface area (Å²) in [5, 5.41) is 0. The van der Waals surface area contributed by atoms with E-state index in [1.165, 1.54) is 25.7 Å². The Morgan fingerprint density at radius 1 is 1.67 bits per heavy atom. The maximum atomic E-state index is 2.42. The van der Waals surface area contributed by atoms with E-state index in [0.29, 0.717) is 0 Å². The van der Waals surface area contributed by atoms with Crippen molar-refractivity contribution in [2.45, 2.75) is 39.5 Å². The standard InChI is InChI=1S/C9H16/c1-3-9-6-4-5-8(2)7-9/h6,8H,3-5,7H2,1-2H3/t8-/m0/s1. The molecule has 0 aromatic rings. The van der Waals surface area contributed by atoms with Crippen LogP contribution < -0.4 is 0 Å². The van der Waals surface area contributed by atoms with E-state index >= 15 is 0 Å². The van der Waals surface area contributed by atoms with Gasteiger partial charge < -0.3 is 0 Å². The predicted molar refractivity (Wildman–Crippen MR) is 41.4 cm³/mol. The van der Waals surface area contributed by atoms with Gasteiger partial charge in [0.25, 0.3) is 0 Å². The molecule has 0 amide bonds. The van der Waals surface area contributed by atoms with Crippen LogP contribution in [0.3, 0.4) is 0 Å². The van der Waals surface area contributed by atoms with Gasteiger partial charge >= 0.3 is 0 Å². The Labute approximate surface area is 58.0 Å². The van der Waals surface area contributed by atoms with Gasteiger partial charge in [-0.25, -0.2) is 0 Å². The molecule has 0 saturated heterocycles. The lowest BCUT2D eigenvalue weighted by molar-refractivity contribution is 0.502. The molecule has 0 aromatic carbocycles. The highest BCUT2D eigenvalue weighted by molar-refractivity contribution is 5.05. The molecule has 0 spiro atoms. The summed E-state index contributed by atoms with van der Waals surface area (Å²) in [6.07, 6.45) is 7.77. The zero-order valence-electron chi connectivity index (χ0n) is 6.48. The van der Waals surface area contributed by atoms with Gasteiger partial charge in [-0.15, -0.1) is 0 Å². The van der Waals surface area contributed by atoms with E-state index in [0.717, 1.165) is 5.92 Å². The zero-order valence-corrected chi connectivity index (χ0v) is 6.48. The van der Waals surface area contributed by atoms with Crippen LogP contribution in [0.1, 0.15) is 39.5 Å². The molecule has 0 aliphatic heterocycles. The number of rotatable bonds is 1. The van der Waals surface area contributed by atoms with Crippen molar-refractivity contribution in [2.75, 3.05) is 0 Å². The summed E-state index contributed by atoms with van der Waals surface area (Å²) in [5.74, 6) is 0.949. The minimum absolute atomic E-state index is 0.949. The lowest BCUT2D eigenvalue weighted by Gasteiger charge is -2.17. The summed E-state index contributed by atoms with van der Waals surface area (Å²) in [6.45, 7) is 4.60. The van der Waals surface area contributed by atoms with Crippen molar-refractivity contribution in [1.29, 1.82) is 0 Å². The number of allylic oxidation sites excluding steroid dienone is 2. The molecule has 0 heterocycles. The molecule has 1 aliphatic rings. The summed E-state index contributed by atoms with van der Waals surface area (Å²) in [6, 6.07) is 0. The van der Waals surface area contributed by atoms with Crippen LogP contribution in [0.25, 0.3) is 0 Å². The van der Waals surface area contributed by atoms with E-state index in [4.69, 9.17) is 0 Å². The van der Waals surface area contributed by atoms with Crippen LogP contribution in [0.15, 0.2) is 11.6 Å². The normalized spacial score (nSPS) is 27.8. The van der Waals surface area contributed by atoms with Gasteiger partial charge in [-0.2, -0.15) is 0 Å². The van der Waals surface area contributed by atoms with Gasteiger partial charge in [0, 0.05) is 0 Å². The number of hydrogen-bond donors (Lipinski definition) is 0. The third-order valence-corrected chi connectivity index (χ3v) is 2.16. The van der Waals surface area contributed by atoms with Gasteiger partial charge in [0.1, 0.15) is 0 Å². The van der Waals surface area contributed by atoms with Gasteiger partial charge in [-0.05, 0) is 31.6 Å². The van der Waals surface area contributed by atoms with Crippen LogP contribution in [-0.2, 0) is 0 Å². The second-order valence-electron chi connectivity index (χ2n) is 3.10. The summed E-state index contributed by atoms with van der Waals surface area (Å²) >= 11 is 0. The van der Waals surface area contributed by atoms with E-state index in [-0.39, 0.29) is 0 Å². The monoisotopic (exact) mass is 124 g/mol. The molecule has 1 rings (SSSR count). The van der Waals surface area contributed by atoms with Gasteiger partial charge in [-0.1, -0.05) is 25.5 Å². The van der Waals surface area contributed by atoms with Crippen molar-refractivity contribution in [3.8, 4) is 0 Å². The Hall–Kier alpha value is -0.260. The Bertz CT molecular complexity index is 111. The van der Waals surface area contributed by atoms with Crippen molar-refractivity contribution in [3.63, 3.8) is 0 Å². The third kappa shape index (κ3) is 1.85. The first kappa shape index (κ1) is 6.85. The molecule has 1 aliphatic carbocycles. The summed E-state index contributed by atoms with van der Waals surface area (Å²) in [7, 11) is 0. The lowest BCUT2D eigenvalue weighted by Crippen LogP contribution is -2.01. The van der Waals surface area contributed by atoms with Gasteiger partial charge in [-0.3, -0.25) is 0 Å². The van der Waals surface area contributed by atoms with E-state index in [1.54, 1.807) is 5.57 Å². The smallest absolute Gasteiger partial charge is 0.0294 e. The highest BCUT2D eigenvalue weighted by Crippen LogP contribution is 2.24. The van der Waals surface area contributed by atoms with E-state index < -0.39 is 0 Å². The first-order valence-corrected chi connectivity index (χ1v) is 4.00. The van der Waals surface area contributed by atoms with Crippen LogP contribution in [0, 0.1) is 5.92 Å². The first-order chi connectivity index (χ1) is 4.33. The Kier molecular flexibility index (Phi) is 2.32. The zero-order chi connectivity index (χ0) is 6.69. The van der Waals surface area contributed by atoms with Crippen LogP contribution in [0.2, 0.25) is 0 Å². The topological polar surface area (TPSA) is 0 Å². The quantitative estimate of drug-likeness (QED) is 0.471. The highest BCUT2D eigenvalue weighted by atomic mass is 14.1. The maximum absolute atomic E-state index is 2.42. The van der Waals surface area contributed by atoms with Crippen LogP contribution in [0.4, 0.5) is 0 Å². The molecule has 0 N–H and O–H groups in total. The molecule has 0 unspecified atom stereocenters. The second kappa shape index (κ2) is 3.05. The fourth-order valence-electron chi connectivity index (χ4n) is 1.49. The number of hydrogen-bond acceptors (Lipinski definition) is 0. The predicted octanol–water partition coefficient (Wildman–Crippen LogP) is 3.14. The van der Waals surface area contributed by atoms with Gasteiger partial charge in [0.2, 0.25) is 0 Å². The fourth-order valence-corrected chi connectivity index (χ4v) is 1.49. The van der Waals surface area contributed by atoms with E-state index in [9.17, 15) is 0 Å². The summed E-state index contributed by atoms with van der Waals surface area (Å²) in [4.78, 5) is 0. The SMILES string of the molecule is CCC1=CCC[C@H](C)C1. The minimum atomic E-state index is 0.949. The van der Waals surface area contributed by atoms with Crippen molar-refractivity contribution >= 4 is 0 Å². The van der Waals surface area contributed by atoms with Crippen LogP contribution in [-0.4, -0.2) is 0 Å². The minimum Gasteiger partial charge on any atom is -0.0853 e. The molecule has 0 radical (unpaired) electrons. The molecule has 9 heavy (non-hydrogen) atoms. The Morgan fingerprint density at radius 3 is 2.89 bits per heavy atom. The molecular formula is C9H16. The third-order valence-electron chi connectivity index (χ3n) is 2.16. The maximum Gasteiger partial charge on any atom is -0.0294 e. The molecular weight excluding hydrogens is 108 g/mol. The first-order valence-electron chi connectivity index (χ1n) is 4.00. The molecule has 52 valence electrons. The molecule has 0 nitrogen and oxygen atoms in total. The van der Waals surface area contributed by atoms with E-state index in [1.807, 2.05) is 0 Å². The molecule has 0 fully saturated rings. The van der Waals surface area contributed by atoms with Gasteiger partial charge in [0.15, 0.2) is 0 Å². The van der Waals surface area contributed by atoms with Crippen LogP contribution in [0.5, 0.6) is 0 Å². The van der Waals surface area contributed by atoms with Crippen molar-refractivity contribution < 1.29 is 0 Å². The van der Waals surface area contributed by atoms with Crippen molar-refractivity contribution in [2.24, 2.45) is 5.92 Å². The second-order valence-corrected chi connectivity index (χ2v) is 3.10. The molecule has 0 aromatic heterocycles. The largest absolute Gasteiger partial charge is 0.0853 e. The fraction of sp³-hybridized carbons (Fsp3) is 0.778. The average molecular weight is 124 g/mol. The van der Waals surface area contributed by atoms with Crippen LogP contribution >= 0.6 is 0 Å².